The Balaban J connectivity index is 0.000000121. The molecule has 0 N–H and O–H groups in total. The standard InChI is InChI=1S/2C24H27FN.C24H28N.C23H25FN/c1-15-13-16(2)17(3)20(14-15)23-11-9-19-22(26(23)4)12-10-21(25)24(19)18-7-5-6-8-18;1-15-11-16(2)17(3)20(12-15)23-10-9-19-13-22(25)21(14-24(19)26(23)4)18-7-5-6-8-18;1-17-12-13-18(2)22(16-17)24-15-14-21-20(19-8-5-4-6-9-19)10-7-11-23(21)25(24)3;1-15-8-9-16(2)19(12-15)22-11-10-18-13-21(24)20(14-23(18)25(22)3)17-6-4-5-7-17/h2*9-14,18H,5-8H2,1-4H3;7,10-16,19H,4-6,8-9H2,1-3H3;8-14,17H,4-7H2,1-3H3/q4*+1. The molecule has 0 unspecified atom stereocenters. The fourth-order valence-corrected chi connectivity index (χ4v) is 18.0. The predicted molar refractivity (Wildman–Crippen MR) is 419 cm³/mol. The van der Waals surface area contributed by atoms with Crippen LogP contribution in [0.2, 0.25) is 0 Å². The van der Waals surface area contributed by atoms with Gasteiger partial charge in [-0.3, -0.25) is 0 Å². The molecule has 0 bridgehead atoms. The van der Waals surface area contributed by atoms with E-state index in [-0.39, 0.29) is 17.5 Å². The van der Waals surface area contributed by atoms with Crippen molar-refractivity contribution in [3.63, 3.8) is 0 Å². The van der Waals surface area contributed by atoms with Crippen molar-refractivity contribution in [2.45, 2.75) is 202 Å². The van der Waals surface area contributed by atoms with Gasteiger partial charge in [-0.05, 0) is 261 Å². The van der Waals surface area contributed by atoms with E-state index >= 15 is 0 Å². The molecule has 4 aliphatic rings. The molecule has 4 fully saturated rings. The van der Waals surface area contributed by atoms with Crippen LogP contribution in [-0.2, 0) is 28.2 Å². The molecule has 8 aromatic carbocycles. The monoisotopic (exact) mass is 1360 g/mol. The van der Waals surface area contributed by atoms with Crippen LogP contribution in [0.4, 0.5) is 13.2 Å². The van der Waals surface area contributed by atoms with Crippen molar-refractivity contribution in [1.82, 2.24) is 0 Å². The Morgan fingerprint density at radius 2 is 0.647 bits per heavy atom. The average molecular weight is 1360 g/mol. The van der Waals surface area contributed by atoms with Crippen LogP contribution in [0.25, 0.3) is 88.6 Å². The maximum atomic E-state index is 14.7. The van der Waals surface area contributed by atoms with Crippen LogP contribution in [0.1, 0.15) is 211 Å². The second kappa shape index (κ2) is 30.6. The summed E-state index contributed by atoms with van der Waals surface area (Å²) in [6.45, 7) is 21.6. The van der Waals surface area contributed by atoms with Gasteiger partial charge in [0.2, 0.25) is 44.8 Å². The molecule has 0 radical (unpaired) electrons. The third kappa shape index (κ3) is 14.6. The lowest BCUT2D eigenvalue weighted by atomic mass is 9.82. The number of aryl methyl sites for hydroxylation is 12. The summed E-state index contributed by atoms with van der Waals surface area (Å²) in [6, 6.07) is 57.7. The molecule has 0 aliphatic heterocycles. The number of benzene rings is 8. The van der Waals surface area contributed by atoms with Crippen LogP contribution in [0.15, 0.2) is 164 Å². The SMILES string of the molecule is Cc1cc(C)c(C)c(-c2ccc3c(C4CCCC4)c(F)ccc3[n+]2C)c1.Cc1cc(C)c(C)c(-c2ccc3cc(F)c(C4CCCC4)cc3[n+]2C)c1.Cc1ccc(C)c(-c2ccc3c(C4CCCCC4)cccc3[n+]2C)c1.Cc1ccc(C)c(-c2ccc3cc(F)c(C4CCCC4)cc3[n+]2C)c1. The average Bonchev–Trinajstić information content (AvgIpc) is 0.907. The van der Waals surface area contributed by atoms with E-state index in [9.17, 15) is 13.2 Å². The van der Waals surface area contributed by atoms with Gasteiger partial charge in [0.05, 0.1) is 5.39 Å². The number of fused-ring (bicyclic) bond motifs is 4. The first-order valence-corrected chi connectivity index (χ1v) is 38.2. The minimum atomic E-state index is -0.0427. The maximum absolute atomic E-state index is 14.7. The quantitative estimate of drug-likeness (QED) is 0.135. The second-order valence-electron chi connectivity index (χ2n) is 31.1. The molecule has 0 atom stereocenters. The number of hydrogen-bond acceptors (Lipinski definition) is 0. The van der Waals surface area contributed by atoms with Crippen molar-refractivity contribution >= 4 is 43.6 Å². The van der Waals surface area contributed by atoms with E-state index in [4.69, 9.17) is 0 Å². The molecular weight excluding hydrogens is 1250 g/mol. The topological polar surface area (TPSA) is 15.5 Å². The number of rotatable bonds is 8. The van der Waals surface area contributed by atoms with Crippen molar-refractivity contribution in [2.24, 2.45) is 28.2 Å². The zero-order chi connectivity index (χ0) is 71.8. The molecule has 4 heterocycles. The Morgan fingerprint density at radius 3 is 1.11 bits per heavy atom. The fraction of sp³-hybridized carbons (Fsp3) is 0.368. The van der Waals surface area contributed by atoms with Gasteiger partial charge in [-0.1, -0.05) is 129 Å². The maximum Gasteiger partial charge on any atom is 0.213 e. The summed E-state index contributed by atoms with van der Waals surface area (Å²) < 4.78 is 53.1. The molecule has 12 aromatic rings. The minimum Gasteiger partial charge on any atom is -0.207 e. The highest BCUT2D eigenvalue weighted by atomic mass is 19.1. The van der Waals surface area contributed by atoms with Gasteiger partial charge in [0.1, 0.15) is 45.6 Å². The molecule has 102 heavy (non-hydrogen) atoms. The van der Waals surface area contributed by atoms with Crippen LogP contribution in [0.5, 0.6) is 0 Å². The van der Waals surface area contributed by atoms with Crippen LogP contribution in [-0.4, -0.2) is 0 Å². The first-order chi connectivity index (χ1) is 49.1. The summed E-state index contributed by atoms with van der Waals surface area (Å²) in [6.07, 6.45) is 20.8. The fourth-order valence-electron chi connectivity index (χ4n) is 18.0. The summed E-state index contributed by atoms with van der Waals surface area (Å²) in [5.41, 5.74) is 31.9. The predicted octanol–water partition coefficient (Wildman–Crippen LogP) is 23.8. The minimum absolute atomic E-state index is 0.0419. The van der Waals surface area contributed by atoms with Gasteiger partial charge in [0.15, 0.2) is 0 Å². The molecule has 524 valence electrons. The molecule has 16 rings (SSSR count). The number of pyridine rings is 4. The van der Waals surface area contributed by atoms with Gasteiger partial charge in [-0.15, -0.1) is 0 Å². The van der Waals surface area contributed by atoms with Crippen molar-refractivity contribution in [3.05, 3.63) is 259 Å². The Hall–Kier alpha value is -8.81. The Morgan fingerprint density at radius 1 is 0.275 bits per heavy atom. The van der Waals surface area contributed by atoms with E-state index in [2.05, 4.69) is 249 Å². The molecule has 4 saturated carbocycles. The van der Waals surface area contributed by atoms with Crippen molar-refractivity contribution in [2.75, 3.05) is 0 Å². The largest absolute Gasteiger partial charge is 0.213 e. The highest BCUT2D eigenvalue weighted by Gasteiger charge is 2.30. The summed E-state index contributed by atoms with van der Waals surface area (Å²) in [5.74, 6) is 1.75. The van der Waals surface area contributed by atoms with Gasteiger partial charge in [0, 0.05) is 92.5 Å². The smallest absolute Gasteiger partial charge is 0.207 e. The third-order valence-electron chi connectivity index (χ3n) is 24.1. The molecule has 4 aliphatic carbocycles. The van der Waals surface area contributed by atoms with E-state index in [1.54, 1.807) is 23.8 Å². The molecule has 0 amide bonds. The Bertz CT molecular complexity index is 5080. The van der Waals surface area contributed by atoms with Crippen LogP contribution in [0, 0.1) is 86.7 Å². The van der Waals surface area contributed by atoms with E-state index in [0.717, 1.165) is 93.8 Å². The second-order valence-corrected chi connectivity index (χ2v) is 31.1. The summed E-state index contributed by atoms with van der Waals surface area (Å²) >= 11 is 0. The summed E-state index contributed by atoms with van der Waals surface area (Å²) in [4.78, 5) is 0. The van der Waals surface area contributed by atoms with Gasteiger partial charge in [-0.25, -0.2) is 13.2 Å². The molecule has 4 nitrogen and oxygen atoms in total. The Labute approximate surface area is 606 Å². The van der Waals surface area contributed by atoms with Crippen molar-refractivity contribution < 1.29 is 31.4 Å². The lowest BCUT2D eigenvalue weighted by molar-refractivity contribution is -0.633. The van der Waals surface area contributed by atoms with Crippen LogP contribution < -0.4 is 18.3 Å². The van der Waals surface area contributed by atoms with Crippen LogP contribution >= 0.6 is 0 Å². The van der Waals surface area contributed by atoms with Crippen LogP contribution in [0.3, 0.4) is 0 Å². The zero-order valence-corrected chi connectivity index (χ0v) is 63.3. The van der Waals surface area contributed by atoms with E-state index in [1.807, 2.05) is 12.1 Å². The van der Waals surface area contributed by atoms with E-state index in [1.165, 1.54) is 182 Å². The highest BCUT2D eigenvalue weighted by Crippen LogP contribution is 2.43. The number of nitrogens with zero attached hydrogens (tertiary/aromatic N) is 4. The molecule has 4 aromatic heterocycles. The molecular formula is C95H107F3N4+4. The Kier molecular flexibility index (Phi) is 21.5. The summed E-state index contributed by atoms with van der Waals surface area (Å²) in [5, 5.41) is 4.45. The van der Waals surface area contributed by atoms with Crippen molar-refractivity contribution in [1.29, 1.82) is 0 Å². The van der Waals surface area contributed by atoms with Gasteiger partial charge in [0.25, 0.3) is 0 Å². The third-order valence-corrected chi connectivity index (χ3v) is 24.1. The lowest BCUT2D eigenvalue weighted by Crippen LogP contribution is -2.32. The van der Waals surface area contributed by atoms with Gasteiger partial charge in [-0.2, -0.15) is 18.3 Å². The number of halogens is 3. The van der Waals surface area contributed by atoms with Gasteiger partial charge < -0.3 is 0 Å². The number of aromatic nitrogens is 4. The molecule has 0 spiro atoms. The first-order valence-electron chi connectivity index (χ1n) is 38.2. The van der Waals surface area contributed by atoms with Gasteiger partial charge >= 0.3 is 0 Å². The first kappa shape index (κ1) is 71.6. The van der Waals surface area contributed by atoms with Crippen molar-refractivity contribution in [3.8, 4) is 45.0 Å². The lowest BCUT2D eigenvalue weighted by Gasteiger charge is -2.23. The van der Waals surface area contributed by atoms with E-state index in [0.29, 0.717) is 17.8 Å². The number of hydrogen-bond donors (Lipinski definition) is 0. The van der Waals surface area contributed by atoms with E-state index < -0.39 is 0 Å². The molecule has 7 heteroatoms. The normalized spacial score (nSPS) is 15.3. The molecule has 0 saturated heterocycles. The zero-order valence-electron chi connectivity index (χ0n) is 63.3. The highest BCUT2D eigenvalue weighted by molar-refractivity contribution is 5.85. The summed E-state index contributed by atoms with van der Waals surface area (Å²) in [7, 11) is 8.51.